The maximum atomic E-state index is 11.2. The first kappa shape index (κ1) is 14.1. The van der Waals surface area contributed by atoms with E-state index >= 15 is 0 Å². The van der Waals surface area contributed by atoms with Crippen LogP contribution >= 0.6 is 27.3 Å². The molecule has 0 unspecified atom stereocenters. The summed E-state index contributed by atoms with van der Waals surface area (Å²) in [7, 11) is 0. The number of carboxylic acid groups (broad SMARTS) is 1. The zero-order valence-corrected chi connectivity index (χ0v) is 12.8. The number of halogens is 1. The van der Waals surface area contributed by atoms with Gasteiger partial charge in [0.05, 0.1) is 5.56 Å². The van der Waals surface area contributed by atoms with Gasteiger partial charge in [-0.15, -0.1) is 11.3 Å². The van der Waals surface area contributed by atoms with Crippen LogP contribution in [0.15, 0.2) is 34.1 Å². The number of carboxylic acids is 1. The number of hydrogen-bond donors (Lipinski definition) is 2. The van der Waals surface area contributed by atoms with E-state index in [0.717, 1.165) is 10.9 Å². The van der Waals surface area contributed by atoms with Gasteiger partial charge in [0.25, 0.3) is 0 Å². The smallest absolute Gasteiger partial charge is 0.337 e. The van der Waals surface area contributed by atoms with Crippen molar-refractivity contribution in [3.8, 4) is 0 Å². The average molecular weight is 340 g/mol. The van der Waals surface area contributed by atoms with E-state index < -0.39 is 5.97 Å². The predicted molar refractivity (Wildman–Crippen MR) is 82.1 cm³/mol. The average Bonchev–Trinajstić information content (AvgIpc) is 2.84. The van der Waals surface area contributed by atoms with Crippen molar-refractivity contribution in [3.63, 3.8) is 0 Å². The number of nitrogens with one attached hydrogen (secondary N) is 1. The molecule has 2 aromatic rings. The molecule has 3 nitrogen and oxygen atoms in total. The molecule has 2 N–H and O–H groups in total. The van der Waals surface area contributed by atoms with E-state index in [9.17, 15) is 9.90 Å². The number of anilines is 1. The van der Waals surface area contributed by atoms with Gasteiger partial charge >= 0.3 is 5.97 Å². The molecule has 0 aliphatic carbocycles. The van der Waals surface area contributed by atoms with E-state index in [1.54, 1.807) is 23.5 Å². The Morgan fingerprint density at radius 1 is 1.42 bits per heavy atom. The van der Waals surface area contributed by atoms with Crippen molar-refractivity contribution in [2.75, 3.05) is 5.32 Å². The Bertz CT molecular complexity index is 595. The third-order valence-electron chi connectivity index (χ3n) is 2.87. The number of rotatable bonds is 5. The van der Waals surface area contributed by atoms with Gasteiger partial charge in [0, 0.05) is 21.6 Å². The molecule has 1 aromatic carbocycles. The molecule has 0 aliphatic heterocycles. The molecule has 19 heavy (non-hydrogen) atoms. The molecule has 0 fully saturated rings. The SMILES string of the molecule is CCc1ccsc1CNc1ccc(Br)cc1C(=O)O. The highest BCUT2D eigenvalue weighted by Crippen LogP contribution is 2.24. The molecular weight excluding hydrogens is 326 g/mol. The van der Waals surface area contributed by atoms with Crippen molar-refractivity contribution < 1.29 is 9.90 Å². The van der Waals surface area contributed by atoms with Gasteiger partial charge in [0.1, 0.15) is 0 Å². The zero-order valence-electron chi connectivity index (χ0n) is 10.4. The van der Waals surface area contributed by atoms with Crippen LogP contribution in [0.25, 0.3) is 0 Å². The van der Waals surface area contributed by atoms with Crippen molar-refractivity contribution in [1.82, 2.24) is 0 Å². The van der Waals surface area contributed by atoms with Crippen LogP contribution in [0.4, 0.5) is 5.69 Å². The minimum Gasteiger partial charge on any atom is -0.478 e. The van der Waals surface area contributed by atoms with Crippen LogP contribution in [0.5, 0.6) is 0 Å². The molecule has 0 spiro atoms. The van der Waals surface area contributed by atoms with Crippen molar-refractivity contribution >= 4 is 38.9 Å². The van der Waals surface area contributed by atoms with E-state index in [2.05, 4.69) is 39.6 Å². The van der Waals surface area contributed by atoms with Crippen molar-refractivity contribution in [3.05, 3.63) is 50.1 Å². The van der Waals surface area contributed by atoms with Crippen LogP contribution < -0.4 is 5.32 Å². The van der Waals surface area contributed by atoms with Crippen LogP contribution in [-0.2, 0) is 13.0 Å². The first-order valence-corrected chi connectivity index (χ1v) is 7.61. The summed E-state index contributed by atoms with van der Waals surface area (Å²) in [5, 5.41) is 14.5. The molecule has 0 amide bonds. The number of benzene rings is 1. The van der Waals surface area contributed by atoms with Gasteiger partial charge in [-0.2, -0.15) is 0 Å². The van der Waals surface area contributed by atoms with Crippen LogP contribution in [0, 0.1) is 0 Å². The summed E-state index contributed by atoms with van der Waals surface area (Å²) in [6, 6.07) is 7.35. The molecule has 5 heteroatoms. The van der Waals surface area contributed by atoms with Crippen LogP contribution in [0.3, 0.4) is 0 Å². The Balaban J connectivity index is 2.18. The van der Waals surface area contributed by atoms with Gasteiger partial charge in [0.2, 0.25) is 0 Å². The highest BCUT2D eigenvalue weighted by atomic mass is 79.9. The summed E-state index contributed by atoms with van der Waals surface area (Å²) >= 11 is 4.98. The number of hydrogen-bond acceptors (Lipinski definition) is 3. The number of aromatic carboxylic acids is 1. The van der Waals surface area contributed by atoms with E-state index in [1.807, 2.05) is 6.07 Å². The second-order valence-electron chi connectivity index (χ2n) is 4.07. The second kappa shape index (κ2) is 6.21. The topological polar surface area (TPSA) is 49.3 Å². The fraction of sp³-hybridized carbons (Fsp3) is 0.214. The standard InChI is InChI=1S/C14H14BrNO2S/c1-2-9-5-6-19-13(9)8-16-12-4-3-10(15)7-11(12)14(17)18/h3-7,16H,2,8H2,1H3,(H,17,18). The lowest BCUT2D eigenvalue weighted by Gasteiger charge is -2.10. The Kier molecular flexibility index (Phi) is 4.61. The lowest BCUT2D eigenvalue weighted by Crippen LogP contribution is -2.06. The first-order chi connectivity index (χ1) is 9.11. The Morgan fingerprint density at radius 2 is 2.21 bits per heavy atom. The minimum atomic E-state index is -0.925. The molecule has 100 valence electrons. The van der Waals surface area contributed by atoms with Gasteiger partial charge in [-0.25, -0.2) is 4.79 Å². The van der Waals surface area contributed by atoms with Crippen LogP contribution in [-0.4, -0.2) is 11.1 Å². The molecule has 0 bridgehead atoms. The summed E-state index contributed by atoms with van der Waals surface area (Å²) in [6.07, 6.45) is 0.993. The highest BCUT2D eigenvalue weighted by Gasteiger charge is 2.11. The van der Waals surface area contributed by atoms with Gasteiger partial charge in [-0.1, -0.05) is 22.9 Å². The fourth-order valence-electron chi connectivity index (χ4n) is 1.86. The highest BCUT2D eigenvalue weighted by molar-refractivity contribution is 9.10. The van der Waals surface area contributed by atoms with Crippen molar-refractivity contribution in [2.45, 2.75) is 19.9 Å². The summed E-state index contributed by atoms with van der Waals surface area (Å²) in [4.78, 5) is 12.5. The quantitative estimate of drug-likeness (QED) is 0.849. The lowest BCUT2D eigenvalue weighted by molar-refractivity contribution is 0.0698. The van der Waals surface area contributed by atoms with Gasteiger partial charge in [0.15, 0.2) is 0 Å². The number of carbonyl (C=O) groups is 1. The van der Waals surface area contributed by atoms with Gasteiger partial charge in [-0.05, 0) is 41.6 Å². The predicted octanol–water partition coefficient (Wildman–Crippen LogP) is 4.38. The normalized spacial score (nSPS) is 10.4. The molecule has 0 saturated heterocycles. The number of thiophene rings is 1. The van der Waals surface area contributed by atoms with Gasteiger partial charge < -0.3 is 10.4 Å². The maximum Gasteiger partial charge on any atom is 0.337 e. The second-order valence-corrected chi connectivity index (χ2v) is 5.99. The van der Waals surface area contributed by atoms with Crippen molar-refractivity contribution in [1.29, 1.82) is 0 Å². The fourth-order valence-corrected chi connectivity index (χ4v) is 3.14. The van der Waals surface area contributed by atoms with Gasteiger partial charge in [-0.3, -0.25) is 0 Å². The van der Waals surface area contributed by atoms with E-state index in [1.165, 1.54) is 10.4 Å². The van der Waals surface area contributed by atoms with Crippen LogP contribution in [0.2, 0.25) is 0 Å². The van der Waals surface area contributed by atoms with Crippen molar-refractivity contribution in [2.24, 2.45) is 0 Å². The molecule has 0 aliphatic rings. The zero-order chi connectivity index (χ0) is 13.8. The summed E-state index contributed by atoms with van der Waals surface area (Å²) in [5.41, 5.74) is 2.24. The lowest BCUT2D eigenvalue weighted by atomic mass is 10.1. The van der Waals surface area contributed by atoms with Crippen LogP contribution in [0.1, 0.15) is 27.7 Å². The first-order valence-electron chi connectivity index (χ1n) is 5.93. The molecule has 2 rings (SSSR count). The summed E-state index contributed by atoms with van der Waals surface area (Å²) < 4.78 is 0.765. The molecule has 1 heterocycles. The van der Waals surface area contributed by atoms with E-state index in [-0.39, 0.29) is 5.56 Å². The number of aryl methyl sites for hydroxylation is 1. The Morgan fingerprint density at radius 3 is 2.89 bits per heavy atom. The third kappa shape index (κ3) is 3.36. The maximum absolute atomic E-state index is 11.2. The largest absolute Gasteiger partial charge is 0.478 e. The molecule has 0 radical (unpaired) electrons. The monoisotopic (exact) mass is 339 g/mol. The third-order valence-corrected chi connectivity index (χ3v) is 4.33. The Hall–Kier alpha value is -1.33. The molecule has 0 atom stereocenters. The molecular formula is C14H14BrNO2S. The molecule has 1 aromatic heterocycles. The minimum absolute atomic E-state index is 0.281. The summed E-state index contributed by atoms with van der Waals surface area (Å²) in [6.45, 7) is 2.77. The van der Waals surface area contributed by atoms with E-state index in [4.69, 9.17) is 0 Å². The van der Waals surface area contributed by atoms with E-state index in [0.29, 0.717) is 12.2 Å². The summed E-state index contributed by atoms with van der Waals surface area (Å²) in [5.74, 6) is -0.925. The Labute approximate surface area is 124 Å². The molecule has 0 saturated carbocycles.